The Kier molecular flexibility index (Phi) is 6.39. The van der Waals surface area contributed by atoms with E-state index in [1.165, 1.54) is 23.5 Å². The first-order valence-corrected chi connectivity index (χ1v) is 10.4. The average Bonchev–Trinajstić information content (AvgIpc) is 3.27. The minimum Gasteiger partial charge on any atom is -0.451 e. The van der Waals surface area contributed by atoms with Gasteiger partial charge in [0.1, 0.15) is 9.88 Å². The standard InChI is InChI=1S/C17H11Cl3N2O3S2/c1-8-15(27-16(21-8)9-2-3-26-7-9)17(24)25-6-14(23)22-13-5-11(19)10(18)4-12(13)20/h2-5,7H,6H2,1H3,(H,22,23). The summed E-state index contributed by atoms with van der Waals surface area (Å²) < 4.78 is 5.09. The van der Waals surface area contributed by atoms with Crippen LogP contribution in [0.2, 0.25) is 15.1 Å². The van der Waals surface area contributed by atoms with Gasteiger partial charge in [0.05, 0.1) is 26.4 Å². The monoisotopic (exact) mass is 460 g/mol. The number of ether oxygens (including phenoxy) is 1. The van der Waals surface area contributed by atoms with Crippen molar-refractivity contribution >= 4 is 75.0 Å². The van der Waals surface area contributed by atoms with Gasteiger partial charge in [0, 0.05) is 10.9 Å². The fourth-order valence-electron chi connectivity index (χ4n) is 2.10. The van der Waals surface area contributed by atoms with E-state index in [4.69, 9.17) is 39.5 Å². The molecule has 3 rings (SSSR count). The van der Waals surface area contributed by atoms with Gasteiger partial charge in [-0.2, -0.15) is 11.3 Å². The number of rotatable bonds is 5. The molecule has 10 heteroatoms. The third kappa shape index (κ3) is 4.80. The number of carbonyl (C=O) groups excluding carboxylic acids is 2. The number of nitrogens with zero attached hydrogens (tertiary/aromatic N) is 1. The minimum atomic E-state index is -0.609. The minimum absolute atomic E-state index is 0.225. The van der Waals surface area contributed by atoms with Crippen LogP contribution >= 0.6 is 57.5 Å². The highest BCUT2D eigenvalue weighted by Gasteiger charge is 2.19. The Balaban J connectivity index is 1.62. The first-order chi connectivity index (χ1) is 12.8. The second-order valence-corrected chi connectivity index (χ2v) is 8.32. The van der Waals surface area contributed by atoms with Crippen molar-refractivity contribution in [2.75, 3.05) is 11.9 Å². The van der Waals surface area contributed by atoms with Gasteiger partial charge in [-0.1, -0.05) is 34.8 Å². The molecule has 0 radical (unpaired) electrons. The van der Waals surface area contributed by atoms with Gasteiger partial charge in [0.15, 0.2) is 6.61 Å². The highest BCUT2D eigenvalue weighted by atomic mass is 35.5. The number of esters is 1. The molecule has 0 saturated heterocycles. The van der Waals surface area contributed by atoms with Crippen LogP contribution in [0.5, 0.6) is 0 Å². The lowest BCUT2D eigenvalue weighted by atomic mass is 10.3. The SMILES string of the molecule is Cc1nc(-c2ccsc2)sc1C(=O)OCC(=O)Nc1cc(Cl)c(Cl)cc1Cl. The molecule has 1 N–H and O–H groups in total. The molecule has 0 saturated carbocycles. The van der Waals surface area contributed by atoms with Crippen molar-refractivity contribution in [3.05, 3.63) is 54.6 Å². The van der Waals surface area contributed by atoms with Crippen LogP contribution in [0.15, 0.2) is 29.0 Å². The summed E-state index contributed by atoms with van der Waals surface area (Å²) in [6.07, 6.45) is 0. The summed E-state index contributed by atoms with van der Waals surface area (Å²) in [4.78, 5) is 29.1. The number of amides is 1. The van der Waals surface area contributed by atoms with E-state index in [-0.39, 0.29) is 20.8 Å². The van der Waals surface area contributed by atoms with Crippen molar-refractivity contribution in [2.45, 2.75) is 6.92 Å². The zero-order valence-corrected chi connectivity index (χ0v) is 17.6. The van der Waals surface area contributed by atoms with Crippen molar-refractivity contribution in [2.24, 2.45) is 0 Å². The molecule has 0 fully saturated rings. The number of hydrogen-bond donors (Lipinski definition) is 1. The maximum atomic E-state index is 12.3. The van der Waals surface area contributed by atoms with Crippen LogP contribution in [-0.2, 0) is 9.53 Å². The summed E-state index contributed by atoms with van der Waals surface area (Å²) in [6, 6.07) is 4.76. The number of carbonyl (C=O) groups is 2. The second kappa shape index (κ2) is 8.58. The van der Waals surface area contributed by atoms with Crippen molar-refractivity contribution in [3.8, 4) is 10.6 Å². The Labute approximate surface area is 177 Å². The Bertz CT molecular complexity index is 1000. The third-order valence-electron chi connectivity index (χ3n) is 3.37. The summed E-state index contributed by atoms with van der Waals surface area (Å²) in [5.41, 5.74) is 1.78. The molecular weight excluding hydrogens is 451 g/mol. The van der Waals surface area contributed by atoms with E-state index in [0.717, 1.165) is 10.6 Å². The molecule has 1 amide bonds. The van der Waals surface area contributed by atoms with Crippen LogP contribution < -0.4 is 5.32 Å². The van der Waals surface area contributed by atoms with Gasteiger partial charge in [0.25, 0.3) is 5.91 Å². The van der Waals surface area contributed by atoms with Crippen molar-refractivity contribution in [1.29, 1.82) is 0 Å². The topological polar surface area (TPSA) is 68.3 Å². The number of anilines is 1. The Morgan fingerprint density at radius 1 is 1.19 bits per heavy atom. The third-order valence-corrected chi connectivity index (χ3v) is 6.27. The second-order valence-electron chi connectivity index (χ2n) is 5.32. The van der Waals surface area contributed by atoms with Crippen LogP contribution in [0.3, 0.4) is 0 Å². The molecule has 0 atom stereocenters. The van der Waals surface area contributed by atoms with Crippen LogP contribution in [0.1, 0.15) is 15.4 Å². The van der Waals surface area contributed by atoms with Gasteiger partial charge in [-0.05, 0) is 30.5 Å². The fraction of sp³-hybridized carbons (Fsp3) is 0.118. The number of nitrogens with one attached hydrogen (secondary N) is 1. The summed E-state index contributed by atoms with van der Waals surface area (Å²) in [6.45, 7) is 1.25. The number of hydrogen-bond acceptors (Lipinski definition) is 6. The fourth-order valence-corrected chi connectivity index (χ4v) is 4.36. The predicted molar refractivity (Wildman–Crippen MR) is 111 cm³/mol. The van der Waals surface area contributed by atoms with E-state index < -0.39 is 18.5 Å². The number of aryl methyl sites for hydroxylation is 1. The highest BCUT2D eigenvalue weighted by molar-refractivity contribution is 7.17. The van der Waals surface area contributed by atoms with Crippen LogP contribution in [0.25, 0.3) is 10.6 Å². The molecule has 0 aliphatic rings. The quantitative estimate of drug-likeness (QED) is 0.377. The molecule has 2 heterocycles. The van der Waals surface area contributed by atoms with Gasteiger partial charge >= 0.3 is 5.97 Å². The molecule has 2 aromatic heterocycles. The van der Waals surface area contributed by atoms with Gasteiger partial charge < -0.3 is 10.1 Å². The maximum Gasteiger partial charge on any atom is 0.350 e. The van der Waals surface area contributed by atoms with E-state index >= 15 is 0 Å². The van der Waals surface area contributed by atoms with Crippen LogP contribution in [0, 0.1) is 6.92 Å². The Morgan fingerprint density at radius 2 is 1.93 bits per heavy atom. The van der Waals surface area contributed by atoms with Crippen molar-refractivity contribution in [3.63, 3.8) is 0 Å². The van der Waals surface area contributed by atoms with Crippen molar-refractivity contribution < 1.29 is 14.3 Å². The average molecular weight is 462 g/mol. The lowest BCUT2D eigenvalue weighted by Gasteiger charge is -2.09. The first-order valence-electron chi connectivity index (χ1n) is 7.46. The number of halogens is 3. The van der Waals surface area contributed by atoms with Gasteiger partial charge in [0.2, 0.25) is 0 Å². The normalized spacial score (nSPS) is 10.7. The summed E-state index contributed by atoms with van der Waals surface area (Å²) in [5, 5.41) is 7.88. The Hall–Kier alpha value is -1.64. The molecule has 3 aromatic rings. The smallest absolute Gasteiger partial charge is 0.350 e. The van der Waals surface area contributed by atoms with Crippen molar-refractivity contribution in [1.82, 2.24) is 4.98 Å². The number of benzene rings is 1. The molecule has 0 unspecified atom stereocenters. The lowest BCUT2D eigenvalue weighted by Crippen LogP contribution is -2.21. The zero-order valence-electron chi connectivity index (χ0n) is 13.7. The van der Waals surface area contributed by atoms with E-state index in [1.54, 1.807) is 18.3 Å². The summed E-state index contributed by atoms with van der Waals surface area (Å²) in [5.74, 6) is -1.16. The van der Waals surface area contributed by atoms with E-state index in [9.17, 15) is 9.59 Å². The van der Waals surface area contributed by atoms with Crippen LogP contribution in [-0.4, -0.2) is 23.5 Å². The maximum absolute atomic E-state index is 12.3. The van der Waals surface area contributed by atoms with E-state index in [0.29, 0.717) is 10.6 Å². The molecular formula is C17H11Cl3N2O3S2. The van der Waals surface area contributed by atoms with E-state index in [1.807, 2.05) is 16.8 Å². The Morgan fingerprint density at radius 3 is 2.63 bits per heavy atom. The number of thiophene rings is 1. The summed E-state index contributed by atoms with van der Waals surface area (Å²) >= 11 is 20.5. The zero-order chi connectivity index (χ0) is 19.6. The van der Waals surface area contributed by atoms with Crippen LogP contribution in [0.4, 0.5) is 5.69 Å². The lowest BCUT2D eigenvalue weighted by molar-refractivity contribution is -0.119. The molecule has 27 heavy (non-hydrogen) atoms. The number of aromatic nitrogens is 1. The van der Waals surface area contributed by atoms with Gasteiger partial charge in [-0.25, -0.2) is 9.78 Å². The molecule has 0 aliphatic heterocycles. The molecule has 0 spiro atoms. The van der Waals surface area contributed by atoms with Gasteiger partial charge in [-0.15, -0.1) is 11.3 Å². The molecule has 1 aromatic carbocycles. The van der Waals surface area contributed by atoms with Gasteiger partial charge in [-0.3, -0.25) is 4.79 Å². The van der Waals surface area contributed by atoms with E-state index in [2.05, 4.69) is 10.3 Å². The predicted octanol–water partition coefficient (Wildman–Crippen LogP) is 5.94. The molecule has 5 nitrogen and oxygen atoms in total. The highest BCUT2D eigenvalue weighted by Crippen LogP contribution is 2.32. The first kappa shape index (κ1) is 20.1. The largest absolute Gasteiger partial charge is 0.451 e. The molecule has 0 aliphatic carbocycles. The summed E-state index contributed by atoms with van der Waals surface area (Å²) in [7, 11) is 0. The number of thiazole rings is 1. The molecule has 140 valence electrons. The molecule has 0 bridgehead atoms.